The van der Waals surface area contributed by atoms with Crippen LogP contribution < -0.4 is 30.1 Å². The van der Waals surface area contributed by atoms with Crippen molar-refractivity contribution in [3.05, 3.63) is 50.9 Å². The second-order valence-corrected chi connectivity index (χ2v) is 8.09. The van der Waals surface area contributed by atoms with Crippen LogP contribution in [0.1, 0.15) is 11.7 Å². The van der Waals surface area contributed by atoms with E-state index in [2.05, 4.69) is 26.3 Å². The van der Waals surface area contributed by atoms with E-state index in [4.69, 9.17) is 19.2 Å². The summed E-state index contributed by atoms with van der Waals surface area (Å²) in [5.41, 5.74) is 1.17. The van der Waals surface area contributed by atoms with Crippen LogP contribution in [0.4, 0.5) is 0 Å². The van der Waals surface area contributed by atoms with Gasteiger partial charge in [-0.3, -0.25) is 15.1 Å². The normalized spacial score (nSPS) is 17.3. The van der Waals surface area contributed by atoms with Gasteiger partial charge in [-0.1, -0.05) is 27.7 Å². The molecule has 156 valence electrons. The summed E-state index contributed by atoms with van der Waals surface area (Å²) in [6.45, 7) is 0. The van der Waals surface area contributed by atoms with Crippen molar-refractivity contribution in [1.29, 1.82) is 0 Å². The number of thioether (sulfide) groups is 1. The first-order valence-corrected chi connectivity index (χ1v) is 10.9. The standard InChI is InChI=1S/C20H19BrN4O4S/c1-27-14-7-10(8-15(28-2)17(14)29-3)18-22-13-6-5-11(21)9-12(13)16-19(26)23-20(30-4)24-25(16)18/h5-9,18H,1-4H3,(H,23,24,26)/t18-/m0/s1. The van der Waals surface area contributed by atoms with Gasteiger partial charge >= 0.3 is 0 Å². The number of nitrogens with zero attached hydrogens (tertiary/aromatic N) is 3. The number of rotatable bonds is 4. The third kappa shape index (κ3) is 3.39. The molecule has 0 unspecified atom stereocenters. The number of hydrazone groups is 1. The molecule has 8 nitrogen and oxygen atoms in total. The van der Waals surface area contributed by atoms with Crippen LogP contribution in [0.5, 0.6) is 17.2 Å². The fourth-order valence-electron chi connectivity index (χ4n) is 3.41. The number of ether oxygens (including phenoxy) is 3. The molecular formula is C20H19BrN4O4S. The Kier molecular flexibility index (Phi) is 5.61. The van der Waals surface area contributed by atoms with Crippen LogP contribution in [0.15, 0.2) is 44.9 Å². The van der Waals surface area contributed by atoms with E-state index in [1.807, 2.05) is 36.6 Å². The first-order chi connectivity index (χ1) is 14.5. The number of carbonyl (C=O) groups excluding carboxylic acids is 1. The van der Waals surface area contributed by atoms with Crippen LogP contribution >= 0.6 is 27.7 Å². The largest absolute Gasteiger partial charge is 0.493 e. The van der Waals surface area contributed by atoms with E-state index >= 15 is 0 Å². The first-order valence-electron chi connectivity index (χ1n) is 8.91. The van der Waals surface area contributed by atoms with Gasteiger partial charge in [0.15, 0.2) is 22.8 Å². The number of benzene rings is 2. The van der Waals surface area contributed by atoms with Gasteiger partial charge in [-0.15, -0.1) is 5.10 Å². The Morgan fingerprint density at radius 3 is 2.40 bits per heavy atom. The number of nitrogens with one attached hydrogen (secondary N) is 1. The molecule has 2 aromatic rings. The predicted molar refractivity (Wildman–Crippen MR) is 118 cm³/mol. The van der Waals surface area contributed by atoms with Gasteiger partial charge in [-0.25, -0.2) is 5.01 Å². The average Bonchev–Trinajstić information content (AvgIpc) is 2.76. The number of carbonyl (C=O) groups is 1. The van der Waals surface area contributed by atoms with E-state index in [9.17, 15) is 4.79 Å². The van der Waals surface area contributed by atoms with Crippen molar-refractivity contribution in [2.24, 2.45) is 10.1 Å². The van der Waals surface area contributed by atoms with Crippen LogP contribution in [-0.4, -0.2) is 43.7 Å². The number of amides is 1. The molecule has 1 atom stereocenters. The highest BCUT2D eigenvalue weighted by Crippen LogP contribution is 2.42. The van der Waals surface area contributed by atoms with E-state index in [0.29, 0.717) is 38.7 Å². The SMILES string of the molecule is COc1cc([C@H]2N=c3ccc(Br)cc3=C3C(=O)NC(SC)=NN32)cc(OC)c1OC. The molecule has 1 amide bonds. The van der Waals surface area contributed by atoms with E-state index in [1.165, 1.54) is 11.8 Å². The zero-order valence-corrected chi connectivity index (χ0v) is 19.1. The topological polar surface area (TPSA) is 84.8 Å². The summed E-state index contributed by atoms with van der Waals surface area (Å²) in [4.78, 5) is 17.9. The lowest BCUT2D eigenvalue weighted by Crippen LogP contribution is -2.50. The van der Waals surface area contributed by atoms with Crippen LogP contribution in [0.2, 0.25) is 0 Å². The summed E-state index contributed by atoms with van der Waals surface area (Å²) in [5.74, 6) is 1.25. The Hall–Kier alpha value is -2.72. The minimum Gasteiger partial charge on any atom is -0.493 e. The maximum absolute atomic E-state index is 13.0. The lowest BCUT2D eigenvalue weighted by atomic mass is 10.1. The van der Waals surface area contributed by atoms with Gasteiger partial charge in [0.1, 0.15) is 5.70 Å². The van der Waals surface area contributed by atoms with Crippen LogP contribution in [0.3, 0.4) is 0 Å². The van der Waals surface area contributed by atoms with Gasteiger partial charge in [-0.05, 0) is 36.6 Å². The molecule has 10 heteroatoms. The van der Waals surface area contributed by atoms with Gasteiger partial charge in [0.2, 0.25) is 5.75 Å². The van der Waals surface area contributed by atoms with Crippen LogP contribution in [0, 0.1) is 0 Å². The molecule has 1 N–H and O–H groups in total. The number of halogens is 1. The molecule has 0 fully saturated rings. The zero-order valence-electron chi connectivity index (χ0n) is 16.7. The Bertz CT molecular complexity index is 1160. The Labute approximate surface area is 185 Å². The minimum absolute atomic E-state index is 0.235. The molecule has 2 aliphatic heterocycles. The number of fused-ring (bicyclic) bond motifs is 2. The minimum atomic E-state index is -0.587. The average molecular weight is 491 g/mol. The summed E-state index contributed by atoms with van der Waals surface area (Å²) in [7, 11) is 4.67. The second-order valence-electron chi connectivity index (χ2n) is 6.38. The third-order valence-corrected chi connectivity index (χ3v) is 5.81. The Balaban J connectivity index is 1.99. The molecule has 4 rings (SSSR count). The Morgan fingerprint density at radius 2 is 1.80 bits per heavy atom. The smallest absolute Gasteiger partial charge is 0.276 e. The highest BCUT2D eigenvalue weighted by molar-refractivity contribution is 9.10. The number of methoxy groups -OCH3 is 3. The molecule has 0 aromatic heterocycles. The number of amidine groups is 1. The van der Waals surface area contributed by atoms with Crippen molar-refractivity contribution in [2.45, 2.75) is 6.17 Å². The molecular weight excluding hydrogens is 472 g/mol. The highest BCUT2D eigenvalue weighted by atomic mass is 79.9. The predicted octanol–water partition coefficient (Wildman–Crippen LogP) is 1.98. The van der Waals surface area contributed by atoms with E-state index in [-0.39, 0.29) is 5.91 Å². The molecule has 2 heterocycles. The molecule has 0 spiro atoms. The van der Waals surface area contributed by atoms with Crippen LogP contribution in [-0.2, 0) is 4.79 Å². The molecule has 0 saturated heterocycles. The van der Waals surface area contributed by atoms with Crippen LogP contribution in [0.25, 0.3) is 5.70 Å². The zero-order chi connectivity index (χ0) is 21.4. The maximum atomic E-state index is 13.0. The van der Waals surface area contributed by atoms with Crippen molar-refractivity contribution in [2.75, 3.05) is 27.6 Å². The van der Waals surface area contributed by atoms with Gasteiger partial charge in [0.05, 0.1) is 26.7 Å². The lowest BCUT2D eigenvalue weighted by molar-refractivity contribution is -0.116. The summed E-state index contributed by atoms with van der Waals surface area (Å²) < 4.78 is 17.3. The molecule has 0 radical (unpaired) electrons. The summed E-state index contributed by atoms with van der Waals surface area (Å²) in [6, 6.07) is 9.26. The van der Waals surface area contributed by atoms with Gasteiger partial charge in [0.25, 0.3) is 5.91 Å². The van der Waals surface area contributed by atoms with Gasteiger partial charge in [0, 0.05) is 15.3 Å². The summed E-state index contributed by atoms with van der Waals surface area (Å²) in [6.07, 6.45) is 1.26. The molecule has 0 aliphatic carbocycles. The van der Waals surface area contributed by atoms with E-state index in [1.54, 1.807) is 26.3 Å². The summed E-state index contributed by atoms with van der Waals surface area (Å²) >= 11 is 4.83. The van der Waals surface area contributed by atoms with Crippen molar-refractivity contribution < 1.29 is 19.0 Å². The summed E-state index contributed by atoms with van der Waals surface area (Å²) in [5, 5.41) is 11.0. The first kappa shape index (κ1) is 20.5. The number of hydrogen-bond donors (Lipinski definition) is 1. The van der Waals surface area contributed by atoms with Crippen molar-refractivity contribution in [3.63, 3.8) is 0 Å². The van der Waals surface area contributed by atoms with Gasteiger partial charge < -0.3 is 14.2 Å². The maximum Gasteiger partial charge on any atom is 0.276 e. The second kappa shape index (κ2) is 8.19. The van der Waals surface area contributed by atoms with Crippen molar-refractivity contribution in [3.8, 4) is 17.2 Å². The highest BCUT2D eigenvalue weighted by Gasteiger charge is 2.35. The fraction of sp³-hybridized carbons (Fsp3) is 0.250. The number of hydrogen-bond acceptors (Lipinski definition) is 8. The lowest BCUT2D eigenvalue weighted by Gasteiger charge is -2.34. The molecule has 30 heavy (non-hydrogen) atoms. The van der Waals surface area contributed by atoms with Crippen molar-refractivity contribution >= 4 is 44.5 Å². The van der Waals surface area contributed by atoms with Gasteiger partial charge in [-0.2, -0.15) is 0 Å². The quantitative estimate of drug-likeness (QED) is 0.705. The third-order valence-electron chi connectivity index (χ3n) is 4.75. The fourth-order valence-corrected chi connectivity index (χ4v) is 4.14. The monoisotopic (exact) mass is 490 g/mol. The molecule has 2 aliphatic rings. The molecule has 2 aromatic carbocycles. The van der Waals surface area contributed by atoms with Crippen molar-refractivity contribution in [1.82, 2.24) is 10.3 Å². The molecule has 0 saturated carbocycles. The van der Waals surface area contributed by atoms with E-state index in [0.717, 1.165) is 10.0 Å². The Morgan fingerprint density at radius 1 is 1.10 bits per heavy atom. The van der Waals surface area contributed by atoms with E-state index < -0.39 is 6.17 Å². The molecule has 0 bridgehead atoms.